The second-order valence-corrected chi connectivity index (χ2v) is 9.38. The van der Waals surface area contributed by atoms with E-state index in [1.165, 1.54) is 30.3 Å². The Morgan fingerprint density at radius 3 is 2.40 bits per heavy atom. The standard InChI is InChI=1S/C27H23F4N3O/c1-25(2,16-26(35,27(29,30)31)13-20-9-7-17(14-32)15-33-20)22-12-19(28)8-10-21(22)24-11-18-5-3-4-6-23(18)34-24/h3-12,15,34-35H,13,16H2,1-2H3. The van der Waals surface area contributed by atoms with Crippen molar-refractivity contribution in [2.45, 2.75) is 43.9 Å². The summed E-state index contributed by atoms with van der Waals surface area (Å²) in [5, 5.41) is 20.8. The Morgan fingerprint density at radius 1 is 1.03 bits per heavy atom. The highest BCUT2D eigenvalue weighted by Gasteiger charge is 2.56. The molecule has 4 rings (SSSR count). The fourth-order valence-electron chi connectivity index (χ4n) is 4.51. The second-order valence-electron chi connectivity index (χ2n) is 9.38. The van der Waals surface area contributed by atoms with E-state index in [0.717, 1.165) is 17.1 Å². The normalized spacial score (nSPS) is 14.0. The summed E-state index contributed by atoms with van der Waals surface area (Å²) in [5.74, 6) is -0.586. The van der Waals surface area contributed by atoms with Gasteiger partial charge in [0.05, 0.1) is 5.56 Å². The van der Waals surface area contributed by atoms with Crippen molar-refractivity contribution in [3.05, 3.63) is 89.5 Å². The molecular formula is C27H23F4N3O. The average molecular weight is 481 g/mol. The molecule has 0 aliphatic carbocycles. The maximum Gasteiger partial charge on any atom is 0.417 e. The van der Waals surface area contributed by atoms with Crippen molar-refractivity contribution in [2.24, 2.45) is 0 Å². The van der Waals surface area contributed by atoms with Gasteiger partial charge in [-0.05, 0) is 59.9 Å². The molecule has 2 aromatic heterocycles. The predicted molar refractivity (Wildman–Crippen MR) is 125 cm³/mol. The quantitative estimate of drug-likeness (QED) is 0.311. The minimum Gasteiger partial charge on any atom is -0.380 e. The first-order valence-electron chi connectivity index (χ1n) is 10.9. The van der Waals surface area contributed by atoms with Crippen LogP contribution in [0.2, 0.25) is 0 Å². The molecule has 8 heteroatoms. The van der Waals surface area contributed by atoms with Crippen LogP contribution in [0.4, 0.5) is 17.6 Å². The number of nitrogens with zero attached hydrogens (tertiary/aromatic N) is 2. The minimum atomic E-state index is -4.98. The van der Waals surface area contributed by atoms with Crippen LogP contribution >= 0.6 is 0 Å². The van der Waals surface area contributed by atoms with Crippen molar-refractivity contribution in [3.63, 3.8) is 0 Å². The fraction of sp³-hybridized carbons (Fsp3) is 0.259. The van der Waals surface area contributed by atoms with Gasteiger partial charge < -0.3 is 10.1 Å². The summed E-state index contributed by atoms with van der Waals surface area (Å²) < 4.78 is 57.0. The number of hydrogen-bond donors (Lipinski definition) is 2. The molecule has 2 aromatic carbocycles. The highest BCUT2D eigenvalue weighted by molar-refractivity contribution is 5.86. The van der Waals surface area contributed by atoms with Crippen LogP contribution in [0, 0.1) is 17.1 Å². The monoisotopic (exact) mass is 481 g/mol. The molecule has 4 nitrogen and oxygen atoms in total. The third-order valence-electron chi connectivity index (χ3n) is 6.22. The molecule has 2 heterocycles. The van der Waals surface area contributed by atoms with Crippen LogP contribution in [0.5, 0.6) is 0 Å². The fourth-order valence-corrected chi connectivity index (χ4v) is 4.51. The molecule has 0 saturated heterocycles. The maximum atomic E-state index is 14.4. The van der Waals surface area contributed by atoms with Crippen LogP contribution in [0.25, 0.3) is 22.2 Å². The van der Waals surface area contributed by atoms with Crippen molar-refractivity contribution in [2.75, 3.05) is 0 Å². The summed E-state index contributed by atoms with van der Waals surface area (Å²) >= 11 is 0. The van der Waals surface area contributed by atoms with Gasteiger partial charge in [0, 0.05) is 40.5 Å². The van der Waals surface area contributed by atoms with Crippen molar-refractivity contribution in [1.82, 2.24) is 9.97 Å². The lowest BCUT2D eigenvalue weighted by Crippen LogP contribution is -2.51. The van der Waals surface area contributed by atoms with E-state index in [-0.39, 0.29) is 11.3 Å². The molecule has 0 aliphatic heterocycles. The smallest absolute Gasteiger partial charge is 0.380 e. The lowest BCUT2D eigenvalue weighted by atomic mass is 9.71. The van der Waals surface area contributed by atoms with Gasteiger partial charge in [0.15, 0.2) is 5.60 Å². The largest absolute Gasteiger partial charge is 0.417 e. The zero-order valence-corrected chi connectivity index (χ0v) is 19.1. The van der Waals surface area contributed by atoms with E-state index < -0.39 is 35.9 Å². The lowest BCUT2D eigenvalue weighted by Gasteiger charge is -2.38. The molecule has 0 aliphatic rings. The van der Waals surface area contributed by atoms with Gasteiger partial charge in [0.2, 0.25) is 0 Å². The number of H-pyrrole nitrogens is 1. The molecule has 180 valence electrons. The Labute approximate surface area is 199 Å². The van der Waals surface area contributed by atoms with E-state index in [4.69, 9.17) is 5.26 Å². The summed E-state index contributed by atoms with van der Waals surface area (Å²) in [6.45, 7) is 3.10. The molecule has 4 aromatic rings. The van der Waals surface area contributed by atoms with Crippen molar-refractivity contribution in [3.8, 4) is 17.3 Å². The number of benzene rings is 2. The van der Waals surface area contributed by atoms with Gasteiger partial charge in [-0.25, -0.2) is 4.39 Å². The third-order valence-corrected chi connectivity index (χ3v) is 6.22. The summed E-state index contributed by atoms with van der Waals surface area (Å²) in [5.41, 5.74) is -1.86. The number of nitrogens with one attached hydrogen (secondary N) is 1. The molecule has 0 spiro atoms. The van der Waals surface area contributed by atoms with Crippen LogP contribution in [0.3, 0.4) is 0 Å². The molecule has 0 amide bonds. The first-order valence-corrected chi connectivity index (χ1v) is 10.9. The van der Waals surface area contributed by atoms with Crippen LogP contribution in [-0.4, -0.2) is 26.9 Å². The molecule has 0 fully saturated rings. The Balaban J connectivity index is 1.75. The summed E-state index contributed by atoms with van der Waals surface area (Å²) in [4.78, 5) is 7.15. The van der Waals surface area contributed by atoms with Gasteiger partial charge in [0.25, 0.3) is 0 Å². The molecule has 35 heavy (non-hydrogen) atoms. The van der Waals surface area contributed by atoms with Crippen LogP contribution in [-0.2, 0) is 11.8 Å². The first-order chi connectivity index (χ1) is 16.4. The molecule has 1 unspecified atom stereocenters. The molecule has 0 bridgehead atoms. The molecule has 0 saturated carbocycles. The van der Waals surface area contributed by atoms with Gasteiger partial charge in [-0.2, -0.15) is 18.4 Å². The number of hydrogen-bond acceptors (Lipinski definition) is 3. The minimum absolute atomic E-state index is 0.00490. The zero-order valence-electron chi connectivity index (χ0n) is 19.1. The lowest BCUT2D eigenvalue weighted by molar-refractivity contribution is -0.266. The Morgan fingerprint density at radius 2 is 1.77 bits per heavy atom. The second kappa shape index (κ2) is 8.82. The van der Waals surface area contributed by atoms with Crippen molar-refractivity contribution in [1.29, 1.82) is 5.26 Å². The number of para-hydroxylation sites is 1. The number of aliphatic hydroxyl groups is 1. The van der Waals surface area contributed by atoms with Gasteiger partial charge in [0.1, 0.15) is 11.9 Å². The SMILES string of the molecule is CC(C)(CC(O)(Cc1ccc(C#N)cn1)C(F)(F)F)c1cc(F)ccc1-c1cc2ccccc2[nH]1. The predicted octanol–water partition coefficient (Wildman–Crippen LogP) is 6.44. The van der Waals surface area contributed by atoms with Gasteiger partial charge in [-0.3, -0.25) is 4.98 Å². The van der Waals surface area contributed by atoms with Crippen molar-refractivity contribution < 1.29 is 22.7 Å². The number of rotatable bonds is 6. The Bertz CT molecular complexity index is 1370. The van der Waals surface area contributed by atoms with Gasteiger partial charge in [-0.1, -0.05) is 32.0 Å². The van der Waals surface area contributed by atoms with Crippen LogP contribution in [0.15, 0.2) is 66.9 Å². The van der Waals surface area contributed by atoms with E-state index in [1.807, 2.05) is 36.4 Å². The average Bonchev–Trinajstić information content (AvgIpc) is 3.22. The molecular weight excluding hydrogens is 458 g/mol. The molecule has 1 atom stereocenters. The summed E-state index contributed by atoms with van der Waals surface area (Å²) in [6, 6.07) is 17.9. The van der Waals surface area contributed by atoms with E-state index in [9.17, 15) is 22.7 Å². The highest BCUT2D eigenvalue weighted by Crippen LogP contribution is 2.45. The van der Waals surface area contributed by atoms with E-state index in [0.29, 0.717) is 16.8 Å². The Hall–Kier alpha value is -3.70. The highest BCUT2D eigenvalue weighted by atomic mass is 19.4. The van der Waals surface area contributed by atoms with E-state index >= 15 is 0 Å². The van der Waals surface area contributed by atoms with Crippen molar-refractivity contribution >= 4 is 10.9 Å². The number of aromatic amines is 1. The topological polar surface area (TPSA) is 72.7 Å². The van der Waals surface area contributed by atoms with Gasteiger partial charge >= 0.3 is 6.18 Å². The van der Waals surface area contributed by atoms with E-state index in [1.54, 1.807) is 13.8 Å². The summed E-state index contributed by atoms with van der Waals surface area (Å²) in [6.07, 6.45) is -5.35. The number of alkyl halides is 3. The number of fused-ring (bicyclic) bond motifs is 1. The number of halogens is 4. The van der Waals surface area contributed by atoms with Gasteiger partial charge in [-0.15, -0.1) is 0 Å². The summed E-state index contributed by atoms with van der Waals surface area (Å²) in [7, 11) is 0. The van der Waals surface area contributed by atoms with E-state index in [2.05, 4.69) is 9.97 Å². The number of pyridine rings is 1. The third kappa shape index (κ3) is 4.91. The number of nitriles is 1. The Kier molecular flexibility index (Phi) is 6.16. The van der Waals surface area contributed by atoms with Crippen LogP contribution in [0.1, 0.15) is 37.1 Å². The maximum absolute atomic E-state index is 14.4. The first kappa shape index (κ1) is 24.4. The van der Waals surface area contributed by atoms with Crippen LogP contribution < -0.4 is 0 Å². The molecule has 0 radical (unpaired) electrons. The molecule has 2 N–H and O–H groups in total. The zero-order chi connectivity index (χ0) is 25.4. The number of aromatic nitrogens is 2.